The van der Waals surface area contributed by atoms with Crippen molar-refractivity contribution in [1.29, 1.82) is 0 Å². The minimum Gasteiger partial charge on any atom is -0.414 e. The summed E-state index contributed by atoms with van der Waals surface area (Å²) in [5.41, 5.74) is 0.749. The molecule has 84 valence electrons. The van der Waals surface area contributed by atoms with E-state index in [-0.39, 0.29) is 6.61 Å². The van der Waals surface area contributed by atoms with Gasteiger partial charge in [0, 0.05) is 42.4 Å². The minimum atomic E-state index is -0.0438. The van der Waals surface area contributed by atoms with Gasteiger partial charge in [0.15, 0.2) is 11.5 Å². The quantitative estimate of drug-likeness (QED) is 0.438. The molecule has 0 heterocycles. The molecule has 0 spiro atoms. The van der Waals surface area contributed by atoms with Crippen molar-refractivity contribution in [2.45, 2.75) is 6.61 Å². The SMILES string of the molecule is OCc1cc(OSI)c(Br)c(OSI)c1. The van der Waals surface area contributed by atoms with Crippen LogP contribution in [0.2, 0.25) is 0 Å². The zero-order valence-electron chi connectivity index (χ0n) is 7.08. The van der Waals surface area contributed by atoms with Crippen molar-refractivity contribution in [2.24, 2.45) is 0 Å². The first-order valence-electron chi connectivity index (χ1n) is 3.56. The van der Waals surface area contributed by atoms with Gasteiger partial charge in [-0.15, -0.1) is 0 Å². The average Bonchev–Trinajstić information content (AvgIpc) is 2.24. The zero-order chi connectivity index (χ0) is 11.3. The molecule has 1 aromatic carbocycles. The van der Waals surface area contributed by atoms with E-state index < -0.39 is 0 Å². The molecule has 0 radical (unpaired) electrons. The molecular formula is C7H5BrI2O3S2. The molecule has 1 N–H and O–H groups in total. The summed E-state index contributed by atoms with van der Waals surface area (Å²) in [7, 11) is 2.42. The lowest BCUT2D eigenvalue weighted by Gasteiger charge is -2.09. The normalized spacial score (nSPS) is 10.1. The number of aliphatic hydroxyl groups excluding tert-OH is 1. The molecule has 0 aliphatic carbocycles. The highest BCUT2D eigenvalue weighted by atomic mass is 127. The molecule has 0 atom stereocenters. The van der Waals surface area contributed by atoms with Crippen LogP contribution in [0.5, 0.6) is 11.5 Å². The predicted octanol–water partition coefficient (Wildman–Crippen LogP) is 4.70. The van der Waals surface area contributed by atoms with Gasteiger partial charge in [0.1, 0.15) is 22.9 Å². The van der Waals surface area contributed by atoms with Gasteiger partial charge in [-0.3, -0.25) is 0 Å². The largest absolute Gasteiger partial charge is 0.414 e. The summed E-state index contributed by atoms with van der Waals surface area (Å²) in [6.45, 7) is -0.0438. The molecule has 1 rings (SSSR count). The second kappa shape index (κ2) is 7.69. The zero-order valence-corrected chi connectivity index (χ0v) is 14.6. The summed E-state index contributed by atoms with van der Waals surface area (Å²) >= 11 is 7.44. The molecule has 0 bridgehead atoms. The summed E-state index contributed by atoms with van der Waals surface area (Å²) in [6.07, 6.45) is 0. The van der Waals surface area contributed by atoms with Crippen molar-refractivity contribution in [3.63, 3.8) is 0 Å². The monoisotopic (exact) mass is 534 g/mol. The third-order valence-electron chi connectivity index (χ3n) is 1.49. The standard InChI is InChI=1S/C7H5BrI2O3S2/c8-7-5(12-14-9)1-4(3-11)2-6(7)13-15-10/h1-2,11H,3H2. The van der Waals surface area contributed by atoms with Gasteiger partial charge in [-0.05, 0) is 33.6 Å². The smallest absolute Gasteiger partial charge is 0.156 e. The highest BCUT2D eigenvalue weighted by molar-refractivity contribution is 14.2. The molecule has 0 aliphatic heterocycles. The summed E-state index contributed by atoms with van der Waals surface area (Å²) in [5, 5.41) is 9.07. The van der Waals surface area contributed by atoms with Crippen LogP contribution >= 0.6 is 76.8 Å². The van der Waals surface area contributed by atoms with Gasteiger partial charge >= 0.3 is 0 Å². The molecule has 0 fully saturated rings. The number of halogens is 3. The molecule has 0 saturated heterocycles. The Morgan fingerprint density at radius 1 is 1.20 bits per heavy atom. The first-order chi connectivity index (χ1) is 7.22. The maximum Gasteiger partial charge on any atom is 0.156 e. The van der Waals surface area contributed by atoms with Gasteiger partial charge in [-0.2, -0.15) is 0 Å². The van der Waals surface area contributed by atoms with Gasteiger partial charge in [0.05, 0.1) is 6.61 Å². The Balaban J connectivity index is 3.08. The van der Waals surface area contributed by atoms with Crippen LogP contribution in [0.25, 0.3) is 0 Å². The second-order valence-electron chi connectivity index (χ2n) is 2.36. The van der Waals surface area contributed by atoms with Crippen molar-refractivity contribution in [3.8, 4) is 11.5 Å². The van der Waals surface area contributed by atoms with E-state index in [2.05, 4.69) is 15.9 Å². The Hall–Kier alpha value is 1.42. The maximum atomic E-state index is 9.07. The van der Waals surface area contributed by atoms with Gasteiger partial charge in [0.25, 0.3) is 0 Å². The summed E-state index contributed by atoms with van der Waals surface area (Å²) < 4.78 is 11.4. The van der Waals surface area contributed by atoms with Crippen molar-refractivity contribution < 1.29 is 13.5 Å². The van der Waals surface area contributed by atoms with E-state index in [0.717, 1.165) is 10.0 Å². The van der Waals surface area contributed by atoms with Gasteiger partial charge in [-0.1, -0.05) is 0 Å². The Labute approximate surface area is 129 Å². The number of aliphatic hydroxyl groups is 1. The van der Waals surface area contributed by atoms with Crippen LogP contribution in [-0.2, 0) is 6.61 Å². The fourth-order valence-electron chi connectivity index (χ4n) is 0.907. The van der Waals surface area contributed by atoms with E-state index in [4.69, 9.17) is 13.5 Å². The molecule has 0 aliphatic rings. The summed E-state index contributed by atoms with van der Waals surface area (Å²) in [4.78, 5) is 0. The summed E-state index contributed by atoms with van der Waals surface area (Å²) in [5.74, 6) is 1.28. The molecule has 15 heavy (non-hydrogen) atoms. The number of hydrogen-bond acceptors (Lipinski definition) is 5. The number of rotatable bonds is 5. The van der Waals surface area contributed by atoms with Crippen LogP contribution in [-0.4, -0.2) is 5.11 Å². The molecule has 0 unspecified atom stereocenters. The number of hydrogen-bond donors (Lipinski definition) is 1. The van der Waals surface area contributed by atoms with Crippen LogP contribution in [0.4, 0.5) is 0 Å². The van der Waals surface area contributed by atoms with Gasteiger partial charge in [-0.25, -0.2) is 0 Å². The number of benzene rings is 1. The van der Waals surface area contributed by atoms with Crippen molar-refractivity contribution in [2.75, 3.05) is 0 Å². The highest BCUT2D eigenvalue weighted by Crippen LogP contribution is 2.40. The Kier molecular flexibility index (Phi) is 7.42. The van der Waals surface area contributed by atoms with Crippen LogP contribution in [0.15, 0.2) is 16.6 Å². The first kappa shape index (κ1) is 14.5. The predicted molar refractivity (Wildman–Crippen MR) is 84.5 cm³/mol. The molecule has 0 aromatic heterocycles. The summed E-state index contributed by atoms with van der Waals surface area (Å²) in [6, 6.07) is 3.53. The van der Waals surface area contributed by atoms with E-state index in [0.29, 0.717) is 11.5 Å². The van der Waals surface area contributed by atoms with Gasteiger partial charge < -0.3 is 13.5 Å². The highest BCUT2D eigenvalue weighted by Gasteiger charge is 2.11. The minimum absolute atomic E-state index is 0.0438. The first-order valence-corrected chi connectivity index (χ1v) is 10.9. The lowest BCUT2D eigenvalue weighted by molar-refractivity contribution is 0.281. The Morgan fingerprint density at radius 3 is 2.00 bits per heavy atom. The van der Waals surface area contributed by atoms with Crippen molar-refractivity contribution >= 4 is 76.8 Å². The Morgan fingerprint density at radius 2 is 1.67 bits per heavy atom. The van der Waals surface area contributed by atoms with E-state index in [1.54, 1.807) is 12.1 Å². The van der Waals surface area contributed by atoms with Crippen LogP contribution in [0.3, 0.4) is 0 Å². The fraction of sp³-hybridized carbons (Fsp3) is 0.143. The van der Waals surface area contributed by atoms with Crippen molar-refractivity contribution in [3.05, 3.63) is 22.2 Å². The third-order valence-corrected chi connectivity index (χ3v) is 3.84. The molecular weight excluding hydrogens is 530 g/mol. The van der Waals surface area contributed by atoms with Crippen molar-refractivity contribution in [1.82, 2.24) is 0 Å². The lowest BCUT2D eigenvalue weighted by atomic mass is 10.2. The third kappa shape index (κ3) is 4.30. The van der Waals surface area contributed by atoms with Crippen LogP contribution in [0.1, 0.15) is 5.56 Å². The van der Waals surface area contributed by atoms with Crippen LogP contribution in [0, 0.1) is 0 Å². The Bertz CT molecular complexity index is 313. The van der Waals surface area contributed by atoms with E-state index in [9.17, 15) is 0 Å². The van der Waals surface area contributed by atoms with Crippen LogP contribution < -0.4 is 8.37 Å². The average molecular weight is 535 g/mol. The van der Waals surface area contributed by atoms with Gasteiger partial charge in [0.2, 0.25) is 0 Å². The lowest BCUT2D eigenvalue weighted by Crippen LogP contribution is -1.90. The topological polar surface area (TPSA) is 38.7 Å². The van der Waals surface area contributed by atoms with E-state index >= 15 is 0 Å². The van der Waals surface area contributed by atoms with E-state index in [1.807, 2.05) is 42.4 Å². The molecule has 0 amide bonds. The fourth-order valence-corrected chi connectivity index (χ4v) is 3.07. The molecule has 0 saturated carbocycles. The maximum absolute atomic E-state index is 9.07. The van der Waals surface area contributed by atoms with E-state index in [1.165, 1.54) is 18.4 Å². The molecule has 8 heteroatoms. The second-order valence-corrected chi connectivity index (χ2v) is 5.89. The molecule has 1 aromatic rings. The molecule has 3 nitrogen and oxygen atoms in total.